The highest BCUT2D eigenvalue weighted by Crippen LogP contribution is 2.09. The maximum absolute atomic E-state index is 5.53. The van der Waals surface area contributed by atoms with Gasteiger partial charge in [-0.3, -0.25) is 0 Å². The molecule has 0 radical (unpaired) electrons. The molecule has 0 saturated heterocycles. The van der Waals surface area contributed by atoms with Crippen LogP contribution in [0.2, 0.25) is 0 Å². The van der Waals surface area contributed by atoms with E-state index in [0.717, 1.165) is 17.9 Å². The van der Waals surface area contributed by atoms with E-state index in [9.17, 15) is 0 Å². The van der Waals surface area contributed by atoms with Crippen LogP contribution in [0.1, 0.15) is 0 Å². The highest BCUT2D eigenvalue weighted by Gasteiger charge is 1.89. The minimum Gasteiger partial charge on any atom is -0.399 e. The molecule has 0 heterocycles. The summed E-state index contributed by atoms with van der Waals surface area (Å²) in [5.74, 6) is 0. The second-order valence-electron chi connectivity index (χ2n) is 2.54. The molecule has 0 aliphatic carbocycles. The first kappa shape index (κ1) is 8.87. The predicted octanol–water partition coefficient (Wildman–Crippen LogP) is 1.33. The molecule has 1 rings (SSSR count). The van der Waals surface area contributed by atoms with E-state index in [0.29, 0.717) is 6.61 Å². The molecule has 0 fully saturated rings. The SMILES string of the molecule is COCCNc1ccc(N)cc1. The lowest BCUT2D eigenvalue weighted by Crippen LogP contribution is -2.07. The average Bonchev–Trinajstić information content (AvgIpc) is 2.09. The number of methoxy groups -OCH3 is 1. The van der Waals surface area contributed by atoms with Gasteiger partial charge < -0.3 is 15.8 Å². The third kappa shape index (κ3) is 2.80. The number of benzene rings is 1. The van der Waals surface area contributed by atoms with Crippen molar-refractivity contribution in [3.8, 4) is 0 Å². The van der Waals surface area contributed by atoms with Crippen LogP contribution in [0, 0.1) is 0 Å². The molecule has 0 aromatic heterocycles. The van der Waals surface area contributed by atoms with Gasteiger partial charge in [0.25, 0.3) is 0 Å². The van der Waals surface area contributed by atoms with Crippen molar-refractivity contribution in [1.82, 2.24) is 0 Å². The van der Waals surface area contributed by atoms with Gasteiger partial charge in [-0.2, -0.15) is 0 Å². The van der Waals surface area contributed by atoms with Gasteiger partial charge in [0.15, 0.2) is 0 Å². The second kappa shape index (κ2) is 4.62. The molecule has 1 aromatic carbocycles. The number of anilines is 2. The van der Waals surface area contributed by atoms with Crippen LogP contribution in [0.5, 0.6) is 0 Å². The number of nitrogen functional groups attached to an aromatic ring is 1. The van der Waals surface area contributed by atoms with Crippen LogP contribution in [0.3, 0.4) is 0 Å². The van der Waals surface area contributed by atoms with Gasteiger partial charge in [0.1, 0.15) is 0 Å². The molecular formula is C9H14N2O. The molecule has 1 aromatic rings. The molecule has 0 spiro atoms. The Balaban J connectivity index is 2.37. The van der Waals surface area contributed by atoms with Crippen molar-refractivity contribution < 1.29 is 4.74 Å². The molecule has 0 atom stereocenters. The van der Waals surface area contributed by atoms with Crippen molar-refractivity contribution >= 4 is 11.4 Å². The maximum atomic E-state index is 5.53. The Kier molecular flexibility index (Phi) is 3.41. The van der Waals surface area contributed by atoms with Crippen LogP contribution in [-0.4, -0.2) is 20.3 Å². The first-order valence-corrected chi connectivity index (χ1v) is 3.91. The predicted molar refractivity (Wildman–Crippen MR) is 51.2 cm³/mol. The molecule has 0 unspecified atom stereocenters. The van der Waals surface area contributed by atoms with Crippen molar-refractivity contribution in [1.29, 1.82) is 0 Å². The fourth-order valence-electron chi connectivity index (χ4n) is 0.898. The minimum absolute atomic E-state index is 0.713. The lowest BCUT2D eigenvalue weighted by molar-refractivity contribution is 0.211. The van der Waals surface area contributed by atoms with E-state index in [4.69, 9.17) is 10.5 Å². The summed E-state index contributed by atoms with van der Waals surface area (Å²) in [6, 6.07) is 7.64. The van der Waals surface area contributed by atoms with Gasteiger partial charge in [0, 0.05) is 25.0 Å². The number of rotatable bonds is 4. The highest BCUT2D eigenvalue weighted by atomic mass is 16.5. The van der Waals surface area contributed by atoms with Gasteiger partial charge in [-0.25, -0.2) is 0 Å². The largest absolute Gasteiger partial charge is 0.399 e. The van der Waals surface area contributed by atoms with Crippen molar-refractivity contribution in [3.05, 3.63) is 24.3 Å². The monoisotopic (exact) mass is 166 g/mol. The average molecular weight is 166 g/mol. The summed E-state index contributed by atoms with van der Waals surface area (Å²) in [6.07, 6.45) is 0. The summed E-state index contributed by atoms with van der Waals surface area (Å²) < 4.78 is 4.90. The van der Waals surface area contributed by atoms with E-state index in [1.165, 1.54) is 0 Å². The van der Waals surface area contributed by atoms with Crippen molar-refractivity contribution in [2.75, 3.05) is 31.3 Å². The van der Waals surface area contributed by atoms with Crippen molar-refractivity contribution in [3.63, 3.8) is 0 Å². The van der Waals surface area contributed by atoms with Crippen LogP contribution >= 0.6 is 0 Å². The lowest BCUT2D eigenvalue weighted by atomic mass is 10.3. The summed E-state index contributed by atoms with van der Waals surface area (Å²) in [5.41, 5.74) is 7.38. The summed E-state index contributed by atoms with van der Waals surface area (Å²) >= 11 is 0. The Hall–Kier alpha value is -1.22. The number of ether oxygens (including phenoxy) is 1. The Morgan fingerprint density at radius 3 is 2.58 bits per heavy atom. The van der Waals surface area contributed by atoms with Gasteiger partial charge in [-0.15, -0.1) is 0 Å². The fraction of sp³-hybridized carbons (Fsp3) is 0.333. The Morgan fingerprint density at radius 1 is 1.33 bits per heavy atom. The lowest BCUT2D eigenvalue weighted by Gasteiger charge is -2.04. The van der Waals surface area contributed by atoms with Crippen molar-refractivity contribution in [2.45, 2.75) is 0 Å². The second-order valence-corrected chi connectivity index (χ2v) is 2.54. The molecular weight excluding hydrogens is 152 g/mol. The van der Waals surface area contributed by atoms with E-state index in [-0.39, 0.29) is 0 Å². The number of nitrogens with two attached hydrogens (primary N) is 1. The zero-order valence-corrected chi connectivity index (χ0v) is 7.21. The first-order valence-electron chi connectivity index (χ1n) is 3.91. The molecule has 3 nitrogen and oxygen atoms in total. The van der Waals surface area contributed by atoms with Crippen LogP contribution in [-0.2, 0) is 4.74 Å². The topological polar surface area (TPSA) is 47.3 Å². The smallest absolute Gasteiger partial charge is 0.0635 e. The normalized spacial score (nSPS) is 9.75. The summed E-state index contributed by atoms with van der Waals surface area (Å²) in [6.45, 7) is 1.53. The van der Waals surface area contributed by atoms with E-state index in [1.54, 1.807) is 7.11 Å². The molecule has 66 valence electrons. The molecule has 0 saturated carbocycles. The molecule has 12 heavy (non-hydrogen) atoms. The molecule has 0 aliphatic rings. The molecule has 0 aliphatic heterocycles. The highest BCUT2D eigenvalue weighted by molar-refractivity contribution is 5.51. The quantitative estimate of drug-likeness (QED) is 0.524. The zero-order valence-electron chi connectivity index (χ0n) is 7.21. The standard InChI is InChI=1S/C9H14N2O/c1-12-7-6-11-9-4-2-8(10)3-5-9/h2-5,11H,6-7,10H2,1H3. The van der Waals surface area contributed by atoms with Gasteiger partial charge in [0.2, 0.25) is 0 Å². The zero-order chi connectivity index (χ0) is 8.81. The summed E-state index contributed by atoms with van der Waals surface area (Å²) in [4.78, 5) is 0. The molecule has 0 bridgehead atoms. The molecule has 0 amide bonds. The number of hydrogen-bond donors (Lipinski definition) is 2. The number of nitrogens with one attached hydrogen (secondary N) is 1. The van der Waals surface area contributed by atoms with Crippen LogP contribution in [0.4, 0.5) is 11.4 Å². The first-order chi connectivity index (χ1) is 5.83. The van der Waals surface area contributed by atoms with E-state index in [2.05, 4.69) is 5.32 Å². The van der Waals surface area contributed by atoms with Crippen LogP contribution in [0.25, 0.3) is 0 Å². The van der Waals surface area contributed by atoms with Gasteiger partial charge >= 0.3 is 0 Å². The molecule has 3 heteroatoms. The Morgan fingerprint density at radius 2 is 2.00 bits per heavy atom. The maximum Gasteiger partial charge on any atom is 0.0635 e. The van der Waals surface area contributed by atoms with E-state index in [1.807, 2.05) is 24.3 Å². The fourth-order valence-corrected chi connectivity index (χ4v) is 0.898. The Bertz CT molecular complexity index is 220. The Labute approximate surface area is 72.5 Å². The van der Waals surface area contributed by atoms with E-state index >= 15 is 0 Å². The van der Waals surface area contributed by atoms with Gasteiger partial charge in [-0.1, -0.05) is 0 Å². The third-order valence-corrected chi connectivity index (χ3v) is 1.55. The van der Waals surface area contributed by atoms with Crippen LogP contribution < -0.4 is 11.1 Å². The summed E-state index contributed by atoms with van der Waals surface area (Å²) in [7, 11) is 1.69. The minimum atomic E-state index is 0.713. The van der Waals surface area contributed by atoms with Crippen LogP contribution in [0.15, 0.2) is 24.3 Å². The molecule has 3 N–H and O–H groups in total. The van der Waals surface area contributed by atoms with Gasteiger partial charge in [0.05, 0.1) is 6.61 Å². The van der Waals surface area contributed by atoms with Gasteiger partial charge in [-0.05, 0) is 24.3 Å². The summed E-state index contributed by atoms with van der Waals surface area (Å²) in [5, 5.41) is 3.19. The van der Waals surface area contributed by atoms with E-state index < -0.39 is 0 Å². The third-order valence-electron chi connectivity index (χ3n) is 1.55. The number of hydrogen-bond acceptors (Lipinski definition) is 3. The van der Waals surface area contributed by atoms with Crippen molar-refractivity contribution in [2.24, 2.45) is 0 Å².